The molecule has 0 radical (unpaired) electrons. The van der Waals surface area contributed by atoms with Crippen LogP contribution >= 0.6 is 0 Å². The lowest BCUT2D eigenvalue weighted by Gasteiger charge is -2.53. The van der Waals surface area contributed by atoms with Crippen molar-refractivity contribution in [2.75, 3.05) is 14.2 Å². The Morgan fingerprint density at radius 2 is 2.11 bits per heavy atom. The van der Waals surface area contributed by atoms with Gasteiger partial charge in [0.25, 0.3) is 0 Å². The Balaban J connectivity index is 2.06. The van der Waals surface area contributed by atoms with Crippen LogP contribution in [0.5, 0.6) is 11.5 Å². The van der Waals surface area contributed by atoms with E-state index in [0.717, 1.165) is 24.3 Å². The van der Waals surface area contributed by atoms with Crippen LogP contribution in [0, 0.1) is 5.41 Å². The van der Waals surface area contributed by atoms with Gasteiger partial charge in [-0.1, -0.05) is 19.9 Å². The van der Waals surface area contributed by atoms with Gasteiger partial charge in [-0.15, -0.1) is 0 Å². The summed E-state index contributed by atoms with van der Waals surface area (Å²) in [6.45, 7) is 4.52. The number of methoxy groups -OCH3 is 1. The van der Waals surface area contributed by atoms with Crippen molar-refractivity contribution < 1.29 is 9.47 Å². The van der Waals surface area contributed by atoms with Crippen molar-refractivity contribution in [2.24, 2.45) is 5.41 Å². The zero-order valence-corrected chi connectivity index (χ0v) is 11.7. The molecule has 100 valence electrons. The summed E-state index contributed by atoms with van der Waals surface area (Å²) in [5.41, 5.74) is 0.220. The number of rotatable bonds is 5. The van der Waals surface area contributed by atoms with Crippen LogP contribution < -0.4 is 14.8 Å². The second-order valence-corrected chi connectivity index (χ2v) is 5.22. The van der Waals surface area contributed by atoms with E-state index in [4.69, 9.17) is 9.47 Å². The second kappa shape index (κ2) is 5.19. The summed E-state index contributed by atoms with van der Waals surface area (Å²) in [4.78, 5) is 0. The van der Waals surface area contributed by atoms with Crippen LogP contribution in [0.1, 0.15) is 26.7 Å². The lowest BCUT2D eigenvalue weighted by molar-refractivity contribution is -0.0678. The van der Waals surface area contributed by atoms with Crippen molar-refractivity contribution in [3.05, 3.63) is 24.3 Å². The number of hydrogen-bond acceptors (Lipinski definition) is 3. The molecule has 1 aromatic carbocycles. The van der Waals surface area contributed by atoms with Crippen molar-refractivity contribution in [3.8, 4) is 11.5 Å². The Hall–Kier alpha value is -1.22. The third kappa shape index (κ3) is 2.19. The maximum absolute atomic E-state index is 6.11. The maximum atomic E-state index is 6.11. The lowest BCUT2D eigenvalue weighted by atomic mass is 9.61. The molecule has 1 fully saturated rings. The van der Waals surface area contributed by atoms with Gasteiger partial charge in [-0.3, -0.25) is 0 Å². The van der Waals surface area contributed by atoms with Crippen LogP contribution in [0.15, 0.2) is 24.3 Å². The topological polar surface area (TPSA) is 30.5 Å². The van der Waals surface area contributed by atoms with Gasteiger partial charge in [0.15, 0.2) is 0 Å². The van der Waals surface area contributed by atoms with Crippen LogP contribution in [-0.2, 0) is 0 Å². The van der Waals surface area contributed by atoms with Gasteiger partial charge in [-0.25, -0.2) is 0 Å². The SMILES string of the molecule is CCC1(C)C(NC)CC1Oc1cccc(OC)c1. The summed E-state index contributed by atoms with van der Waals surface area (Å²) < 4.78 is 11.3. The Kier molecular flexibility index (Phi) is 3.81. The van der Waals surface area contributed by atoms with Gasteiger partial charge in [0.2, 0.25) is 0 Å². The molecule has 0 heterocycles. The van der Waals surface area contributed by atoms with E-state index >= 15 is 0 Å². The monoisotopic (exact) mass is 249 g/mol. The van der Waals surface area contributed by atoms with Crippen molar-refractivity contribution in [1.82, 2.24) is 5.32 Å². The Labute approximate surface area is 109 Å². The molecule has 3 unspecified atom stereocenters. The van der Waals surface area contributed by atoms with E-state index in [1.807, 2.05) is 31.3 Å². The Morgan fingerprint density at radius 3 is 2.72 bits per heavy atom. The van der Waals surface area contributed by atoms with Gasteiger partial charge in [0.1, 0.15) is 17.6 Å². The van der Waals surface area contributed by atoms with E-state index in [-0.39, 0.29) is 11.5 Å². The summed E-state index contributed by atoms with van der Waals surface area (Å²) in [5, 5.41) is 3.38. The van der Waals surface area contributed by atoms with Gasteiger partial charge in [-0.2, -0.15) is 0 Å². The summed E-state index contributed by atoms with van der Waals surface area (Å²) in [6.07, 6.45) is 2.47. The fourth-order valence-corrected chi connectivity index (χ4v) is 2.76. The molecule has 0 amide bonds. The molecule has 3 heteroatoms. The standard InChI is InChI=1S/C15H23NO2/c1-5-15(2)13(16-3)10-14(15)18-12-8-6-7-11(9-12)17-4/h6-9,13-14,16H,5,10H2,1-4H3. The smallest absolute Gasteiger partial charge is 0.123 e. The van der Waals surface area contributed by atoms with Gasteiger partial charge >= 0.3 is 0 Å². The van der Waals surface area contributed by atoms with Crippen LogP contribution in [0.4, 0.5) is 0 Å². The van der Waals surface area contributed by atoms with Gasteiger partial charge in [0, 0.05) is 23.9 Å². The van der Waals surface area contributed by atoms with Crippen molar-refractivity contribution in [3.63, 3.8) is 0 Å². The summed E-state index contributed by atoms with van der Waals surface area (Å²) in [5.74, 6) is 1.74. The first kappa shape index (κ1) is 13.2. The summed E-state index contributed by atoms with van der Waals surface area (Å²) in [7, 11) is 3.70. The highest BCUT2D eigenvalue weighted by atomic mass is 16.5. The molecule has 0 spiro atoms. The van der Waals surface area contributed by atoms with E-state index in [9.17, 15) is 0 Å². The molecule has 2 rings (SSSR count). The van der Waals surface area contributed by atoms with Crippen molar-refractivity contribution in [1.29, 1.82) is 0 Å². The highest BCUT2D eigenvalue weighted by Gasteiger charge is 2.51. The molecule has 0 bridgehead atoms. The van der Waals surface area contributed by atoms with E-state index < -0.39 is 0 Å². The first-order chi connectivity index (χ1) is 8.63. The van der Waals surface area contributed by atoms with Gasteiger partial charge in [0.05, 0.1) is 7.11 Å². The summed E-state index contributed by atoms with van der Waals surface area (Å²) >= 11 is 0. The maximum Gasteiger partial charge on any atom is 0.123 e. The number of benzene rings is 1. The van der Waals surface area contributed by atoms with Gasteiger partial charge in [-0.05, 0) is 25.6 Å². The van der Waals surface area contributed by atoms with E-state index in [0.29, 0.717) is 6.04 Å². The van der Waals surface area contributed by atoms with Crippen LogP contribution in [0.25, 0.3) is 0 Å². The minimum absolute atomic E-state index is 0.220. The number of nitrogens with one attached hydrogen (secondary N) is 1. The molecule has 1 saturated carbocycles. The molecule has 0 aromatic heterocycles. The zero-order chi connectivity index (χ0) is 13.2. The molecule has 3 atom stereocenters. The second-order valence-electron chi connectivity index (χ2n) is 5.22. The highest BCUT2D eigenvalue weighted by Crippen LogP contribution is 2.46. The van der Waals surface area contributed by atoms with E-state index in [1.165, 1.54) is 0 Å². The molecule has 18 heavy (non-hydrogen) atoms. The number of ether oxygens (including phenoxy) is 2. The molecule has 0 aliphatic heterocycles. The molecule has 1 aliphatic carbocycles. The summed E-state index contributed by atoms with van der Waals surface area (Å²) in [6, 6.07) is 8.39. The first-order valence-electron chi connectivity index (χ1n) is 6.62. The van der Waals surface area contributed by atoms with E-state index in [2.05, 4.69) is 19.2 Å². The van der Waals surface area contributed by atoms with Crippen LogP contribution in [0.2, 0.25) is 0 Å². The predicted molar refractivity (Wildman–Crippen MR) is 73.3 cm³/mol. The van der Waals surface area contributed by atoms with Crippen molar-refractivity contribution in [2.45, 2.75) is 38.8 Å². The molecule has 1 aromatic rings. The largest absolute Gasteiger partial charge is 0.497 e. The average molecular weight is 249 g/mol. The van der Waals surface area contributed by atoms with E-state index in [1.54, 1.807) is 7.11 Å². The van der Waals surface area contributed by atoms with Crippen molar-refractivity contribution >= 4 is 0 Å². The average Bonchev–Trinajstić information content (AvgIpc) is 2.42. The number of hydrogen-bond donors (Lipinski definition) is 1. The molecular formula is C15H23NO2. The minimum Gasteiger partial charge on any atom is -0.497 e. The quantitative estimate of drug-likeness (QED) is 0.870. The Morgan fingerprint density at radius 1 is 1.39 bits per heavy atom. The zero-order valence-electron chi connectivity index (χ0n) is 11.7. The van der Waals surface area contributed by atoms with Crippen LogP contribution in [-0.4, -0.2) is 26.3 Å². The molecule has 0 saturated heterocycles. The third-order valence-corrected chi connectivity index (χ3v) is 4.41. The normalized spacial score (nSPS) is 30.7. The molecule has 1 N–H and O–H groups in total. The third-order valence-electron chi connectivity index (χ3n) is 4.41. The first-order valence-corrected chi connectivity index (χ1v) is 6.62. The molecular weight excluding hydrogens is 226 g/mol. The predicted octanol–water partition coefficient (Wildman–Crippen LogP) is 2.85. The van der Waals surface area contributed by atoms with Gasteiger partial charge < -0.3 is 14.8 Å². The highest BCUT2D eigenvalue weighted by molar-refractivity contribution is 5.33. The fourth-order valence-electron chi connectivity index (χ4n) is 2.76. The Bertz CT molecular complexity index is 407. The minimum atomic E-state index is 0.220. The molecule has 3 nitrogen and oxygen atoms in total. The fraction of sp³-hybridized carbons (Fsp3) is 0.600. The molecule has 1 aliphatic rings. The van der Waals surface area contributed by atoms with Crippen LogP contribution in [0.3, 0.4) is 0 Å². The lowest BCUT2D eigenvalue weighted by Crippen LogP contribution is -2.62.